The number of benzene rings is 3. The van der Waals surface area contributed by atoms with Crippen molar-refractivity contribution < 1.29 is 14.4 Å². The predicted molar refractivity (Wildman–Crippen MR) is 113 cm³/mol. The van der Waals surface area contributed by atoms with Crippen LogP contribution in [0, 0.1) is 0 Å². The van der Waals surface area contributed by atoms with Gasteiger partial charge in [-0.05, 0) is 17.7 Å². The molecule has 1 unspecified atom stereocenters. The summed E-state index contributed by atoms with van der Waals surface area (Å²) in [6.07, 6.45) is 3.79. The van der Waals surface area contributed by atoms with E-state index in [-0.39, 0.29) is 11.8 Å². The Morgan fingerprint density at radius 1 is 0.733 bits per heavy atom. The van der Waals surface area contributed by atoms with Gasteiger partial charge in [-0.3, -0.25) is 14.4 Å². The van der Waals surface area contributed by atoms with Crippen molar-refractivity contribution in [1.82, 2.24) is 10.0 Å². The Bertz CT molecular complexity index is 1140. The topological polar surface area (TPSA) is 57.5 Å². The fourth-order valence-corrected chi connectivity index (χ4v) is 3.90. The zero-order chi connectivity index (χ0) is 20.7. The van der Waals surface area contributed by atoms with Crippen LogP contribution in [0.4, 0.5) is 0 Å². The molecule has 1 fully saturated rings. The minimum absolute atomic E-state index is 0.116. The minimum Gasteiger partial charge on any atom is -0.292 e. The Morgan fingerprint density at radius 3 is 1.87 bits per heavy atom. The molecule has 0 radical (unpaired) electrons. The number of fused-ring (bicyclic) bond motifs is 1. The molecule has 0 spiro atoms. The van der Waals surface area contributed by atoms with E-state index in [1.54, 1.807) is 53.5 Å². The number of ketones is 1. The van der Waals surface area contributed by atoms with Gasteiger partial charge in [0.2, 0.25) is 0 Å². The molecule has 5 rings (SSSR count). The predicted octanol–water partition coefficient (Wildman–Crippen LogP) is 3.85. The molecule has 146 valence electrons. The lowest BCUT2D eigenvalue weighted by Crippen LogP contribution is -2.38. The molecular formula is C25H18N2O3. The van der Waals surface area contributed by atoms with Crippen LogP contribution in [0.25, 0.3) is 6.08 Å². The number of Topliss-reactive ketones (excluding diaryl/α,β-unsaturated/α-hetero) is 1. The monoisotopic (exact) mass is 394 g/mol. The van der Waals surface area contributed by atoms with Crippen LogP contribution in [0.1, 0.15) is 36.6 Å². The van der Waals surface area contributed by atoms with Crippen molar-refractivity contribution in [3.63, 3.8) is 0 Å². The molecule has 0 saturated carbocycles. The van der Waals surface area contributed by atoms with Gasteiger partial charge in [0.25, 0.3) is 11.8 Å². The normalized spacial score (nSPS) is 22.4. The highest BCUT2D eigenvalue weighted by molar-refractivity contribution is 6.21. The molecule has 0 aromatic heterocycles. The maximum absolute atomic E-state index is 13.2. The van der Waals surface area contributed by atoms with Crippen LogP contribution in [0.2, 0.25) is 0 Å². The van der Waals surface area contributed by atoms with E-state index in [9.17, 15) is 14.4 Å². The van der Waals surface area contributed by atoms with E-state index >= 15 is 0 Å². The molecule has 0 N–H and O–H groups in total. The third-order valence-electron chi connectivity index (χ3n) is 5.44. The highest BCUT2D eigenvalue weighted by Gasteiger charge is 2.59. The summed E-state index contributed by atoms with van der Waals surface area (Å²) < 4.78 is 0. The average molecular weight is 394 g/mol. The first-order chi connectivity index (χ1) is 14.7. The second-order valence-corrected chi connectivity index (χ2v) is 7.28. The average Bonchev–Trinajstić information content (AvgIpc) is 3.45. The number of hydrazine groups is 1. The zero-order valence-electron chi connectivity index (χ0n) is 16.0. The van der Waals surface area contributed by atoms with Gasteiger partial charge in [-0.1, -0.05) is 84.9 Å². The maximum atomic E-state index is 13.2. The third-order valence-corrected chi connectivity index (χ3v) is 5.44. The Balaban J connectivity index is 1.48. The van der Waals surface area contributed by atoms with Crippen LogP contribution in [-0.2, 0) is 0 Å². The van der Waals surface area contributed by atoms with E-state index in [2.05, 4.69) is 0 Å². The standard InChI is InChI=1S/C25H18N2O3/c28-23(18-11-5-2-6-12-18)22-21(16-15-17-9-3-1-4-10-17)26(22)27-24(29)19-13-7-8-14-20(19)25(27)30/h1-16,21-22H/b16-15+/t21-,22+,26?/m0/s1. The highest BCUT2D eigenvalue weighted by atomic mass is 16.2. The molecule has 3 aromatic carbocycles. The molecule has 2 aliphatic rings. The van der Waals surface area contributed by atoms with Crippen LogP contribution in [0.15, 0.2) is 91.0 Å². The Hall–Kier alpha value is -3.83. The van der Waals surface area contributed by atoms with Crippen molar-refractivity contribution >= 4 is 23.7 Å². The summed E-state index contributed by atoms with van der Waals surface area (Å²) in [6, 6.07) is 24.4. The second kappa shape index (κ2) is 7.21. The summed E-state index contributed by atoms with van der Waals surface area (Å²) in [4.78, 5) is 39.0. The van der Waals surface area contributed by atoms with Gasteiger partial charge in [0.15, 0.2) is 5.78 Å². The molecule has 2 amide bonds. The number of rotatable bonds is 5. The molecule has 30 heavy (non-hydrogen) atoms. The first kappa shape index (κ1) is 18.2. The fraction of sp³-hybridized carbons (Fsp3) is 0.0800. The molecule has 3 aromatic rings. The van der Waals surface area contributed by atoms with E-state index in [1.807, 2.05) is 48.6 Å². The molecule has 3 atom stereocenters. The smallest absolute Gasteiger partial charge is 0.276 e. The number of hydrogen-bond donors (Lipinski definition) is 0. The van der Waals surface area contributed by atoms with Gasteiger partial charge in [0.1, 0.15) is 6.04 Å². The van der Waals surface area contributed by atoms with Crippen molar-refractivity contribution in [1.29, 1.82) is 0 Å². The Morgan fingerprint density at radius 2 is 1.27 bits per heavy atom. The molecule has 0 aliphatic carbocycles. The Labute approximate surface area is 173 Å². The van der Waals surface area contributed by atoms with E-state index in [1.165, 1.54) is 0 Å². The summed E-state index contributed by atoms with van der Waals surface area (Å²) >= 11 is 0. The molecule has 0 bridgehead atoms. The first-order valence-electron chi connectivity index (χ1n) is 9.75. The van der Waals surface area contributed by atoms with E-state index < -0.39 is 17.9 Å². The quantitative estimate of drug-likeness (QED) is 0.375. The zero-order valence-corrected chi connectivity index (χ0v) is 16.0. The van der Waals surface area contributed by atoms with Crippen molar-refractivity contribution in [2.45, 2.75) is 12.1 Å². The lowest BCUT2D eigenvalue weighted by Gasteiger charge is -2.15. The highest BCUT2D eigenvalue weighted by Crippen LogP contribution is 2.39. The van der Waals surface area contributed by atoms with E-state index in [4.69, 9.17) is 0 Å². The summed E-state index contributed by atoms with van der Waals surface area (Å²) in [5.74, 6) is -0.899. The number of carbonyl (C=O) groups is 3. The number of amides is 2. The fourth-order valence-electron chi connectivity index (χ4n) is 3.90. The van der Waals surface area contributed by atoms with Crippen LogP contribution in [-0.4, -0.2) is 39.7 Å². The third kappa shape index (κ3) is 2.96. The lowest BCUT2D eigenvalue weighted by atomic mass is 10.1. The van der Waals surface area contributed by atoms with Crippen molar-refractivity contribution in [3.05, 3.63) is 113 Å². The number of carbonyl (C=O) groups excluding carboxylic acids is 3. The number of nitrogens with zero attached hydrogens (tertiary/aromatic N) is 2. The molecular weight excluding hydrogens is 376 g/mol. The van der Waals surface area contributed by atoms with Gasteiger partial charge in [-0.25, -0.2) is 5.01 Å². The van der Waals surface area contributed by atoms with Gasteiger partial charge >= 0.3 is 0 Å². The number of hydrogen-bond acceptors (Lipinski definition) is 4. The number of imide groups is 1. The Kier molecular flexibility index (Phi) is 4.38. The summed E-state index contributed by atoms with van der Waals surface area (Å²) in [5, 5.41) is 2.70. The molecule has 2 aliphatic heterocycles. The van der Waals surface area contributed by atoms with E-state index in [0.717, 1.165) is 10.6 Å². The van der Waals surface area contributed by atoms with E-state index in [0.29, 0.717) is 16.7 Å². The SMILES string of the molecule is O=C(c1ccccc1)[C@H]1[C@H](/C=C/c2ccccc2)N1N1C(=O)c2ccccc2C1=O. The maximum Gasteiger partial charge on any atom is 0.276 e. The molecule has 5 nitrogen and oxygen atoms in total. The largest absolute Gasteiger partial charge is 0.292 e. The summed E-state index contributed by atoms with van der Waals surface area (Å²) in [7, 11) is 0. The molecule has 1 saturated heterocycles. The van der Waals surface area contributed by atoms with Gasteiger partial charge in [0, 0.05) is 5.56 Å². The van der Waals surface area contributed by atoms with Crippen LogP contribution >= 0.6 is 0 Å². The van der Waals surface area contributed by atoms with Crippen LogP contribution in [0.3, 0.4) is 0 Å². The van der Waals surface area contributed by atoms with Gasteiger partial charge in [0.05, 0.1) is 17.2 Å². The van der Waals surface area contributed by atoms with Crippen LogP contribution < -0.4 is 0 Å². The van der Waals surface area contributed by atoms with Gasteiger partial charge in [-0.2, -0.15) is 5.01 Å². The van der Waals surface area contributed by atoms with Crippen molar-refractivity contribution in [3.8, 4) is 0 Å². The van der Waals surface area contributed by atoms with Crippen molar-refractivity contribution in [2.75, 3.05) is 0 Å². The van der Waals surface area contributed by atoms with Crippen LogP contribution in [0.5, 0.6) is 0 Å². The molecule has 2 heterocycles. The van der Waals surface area contributed by atoms with Gasteiger partial charge in [-0.15, -0.1) is 0 Å². The van der Waals surface area contributed by atoms with Gasteiger partial charge < -0.3 is 0 Å². The summed E-state index contributed by atoms with van der Waals surface area (Å²) in [5.41, 5.74) is 2.27. The van der Waals surface area contributed by atoms with Crippen molar-refractivity contribution in [2.24, 2.45) is 0 Å². The first-order valence-corrected chi connectivity index (χ1v) is 9.75. The molecule has 5 heteroatoms. The minimum atomic E-state index is -0.602. The lowest BCUT2D eigenvalue weighted by molar-refractivity contribution is 0.0354. The summed E-state index contributed by atoms with van der Waals surface area (Å²) in [6.45, 7) is 0. The second-order valence-electron chi connectivity index (χ2n) is 7.28.